The van der Waals surface area contributed by atoms with Gasteiger partial charge in [-0.15, -0.1) is 0 Å². The van der Waals surface area contributed by atoms with Crippen molar-refractivity contribution >= 4 is 6.03 Å². The molecule has 2 unspecified atom stereocenters. The van der Waals surface area contributed by atoms with Crippen LogP contribution < -0.4 is 10.1 Å². The third-order valence-corrected chi connectivity index (χ3v) is 3.47. The van der Waals surface area contributed by atoms with Gasteiger partial charge >= 0.3 is 12.6 Å². The fraction of sp³-hybridized carbons (Fsp3) is 0.533. The molecule has 1 aliphatic rings. The number of urea groups is 1. The van der Waals surface area contributed by atoms with Crippen LogP contribution in [0.2, 0.25) is 0 Å². The number of ether oxygens (including phenoxy) is 2. The van der Waals surface area contributed by atoms with Gasteiger partial charge in [-0.1, -0.05) is 12.1 Å². The van der Waals surface area contributed by atoms with Gasteiger partial charge in [0.2, 0.25) is 0 Å². The molecule has 0 radical (unpaired) electrons. The summed E-state index contributed by atoms with van der Waals surface area (Å²) in [5.41, 5.74) is 0.816. The Morgan fingerprint density at radius 3 is 2.68 bits per heavy atom. The molecule has 2 amide bonds. The fourth-order valence-electron chi connectivity index (χ4n) is 2.30. The van der Waals surface area contributed by atoms with Gasteiger partial charge in [0.15, 0.2) is 0 Å². The Kier molecular flexibility index (Phi) is 5.54. The molecule has 0 saturated carbocycles. The van der Waals surface area contributed by atoms with E-state index in [0.29, 0.717) is 19.7 Å². The third-order valence-electron chi connectivity index (χ3n) is 3.47. The van der Waals surface area contributed by atoms with E-state index >= 15 is 0 Å². The second kappa shape index (κ2) is 7.40. The highest BCUT2D eigenvalue weighted by atomic mass is 19.3. The Morgan fingerprint density at radius 2 is 2.09 bits per heavy atom. The van der Waals surface area contributed by atoms with Gasteiger partial charge in [-0.3, -0.25) is 0 Å². The van der Waals surface area contributed by atoms with E-state index < -0.39 is 6.61 Å². The van der Waals surface area contributed by atoms with Gasteiger partial charge in [-0.05, 0) is 31.5 Å². The standard InChI is InChI=1S/C15H20F2N2O3/c1-10-9-19(7-8-21-10)15(20)18-11(2)12-3-5-13(6-4-12)22-14(16)17/h3-6,10-11,14H,7-9H2,1-2H3,(H,18,20). The summed E-state index contributed by atoms with van der Waals surface area (Å²) in [6, 6.07) is 5.85. The molecule has 0 aromatic heterocycles. The normalized spacial score (nSPS) is 19.9. The van der Waals surface area contributed by atoms with Crippen molar-refractivity contribution in [3.63, 3.8) is 0 Å². The number of nitrogens with one attached hydrogen (secondary N) is 1. The highest BCUT2D eigenvalue weighted by Gasteiger charge is 2.22. The minimum absolute atomic E-state index is 0.0283. The van der Waals surface area contributed by atoms with Crippen LogP contribution in [0.1, 0.15) is 25.5 Å². The van der Waals surface area contributed by atoms with Gasteiger partial charge in [0, 0.05) is 13.1 Å². The maximum atomic E-state index is 12.2. The quantitative estimate of drug-likeness (QED) is 0.930. The molecule has 1 saturated heterocycles. The summed E-state index contributed by atoms with van der Waals surface area (Å²) in [4.78, 5) is 13.9. The molecule has 0 aliphatic carbocycles. The Balaban J connectivity index is 1.90. The largest absolute Gasteiger partial charge is 0.435 e. The van der Waals surface area contributed by atoms with Gasteiger partial charge in [0.25, 0.3) is 0 Å². The fourth-order valence-corrected chi connectivity index (χ4v) is 2.30. The van der Waals surface area contributed by atoms with E-state index in [1.165, 1.54) is 12.1 Å². The SMILES string of the molecule is CC1CN(C(=O)NC(C)c2ccc(OC(F)F)cc2)CCO1. The van der Waals surface area contributed by atoms with E-state index in [-0.39, 0.29) is 23.9 Å². The molecule has 1 N–H and O–H groups in total. The monoisotopic (exact) mass is 314 g/mol. The molecular weight excluding hydrogens is 294 g/mol. The van der Waals surface area contributed by atoms with Crippen LogP contribution in [0, 0.1) is 0 Å². The summed E-state index contributed by atoms with van der Waals surface area (Å²) in [7, 11) is 0. The minimum Gasteiger partial charge on any atom is -0.435 e. The maximum Gasteiger partial charge on any atom is 0.387 e. The summed E-state index contributed by atoms with van der Waals surface area (Å²) in [6.45, 7) is 2.56. The Morgan fingerprint density at radius 1 is 1.41 bits per heavy atom. The number of amides is 2. The topological polar surface area (TPSA) is 50.8 Å². The van der Waals surface area contributed by atoms with E-state index in [4.69, 9.17) is 4.74 Å². The molecule has 5 nitrogen and oxygen atoms in total. The summed E-state index contributed by atoms with van der Waals surface area (Å²) in [5.74, 6) is 0.0966. The lowest BCUT2D eigenvalue weighted by molar-refractivity contribution is -0.0498. The highest BCUT2D eigenvalue weighted by molar-refractivity contribution is 5.74. The summed E-state index contributed by atoms with van der Waals surface area (Å²) in [6.07, 6.45) is 0.0283. The first-order chi connectivity index (χ1) is 10.5. The second-order valence-corrected chi connectivity index (χ2v) is 5.25. The Labute approximate surface area is 128 Å². The van der Waals surface area contributed by atoms with Gasteiger partial charge in [-0.25, -0.2) is 4.79 Å². The first kappa shape index (κ1) is 16.5. The zero-order chi connectivity index (χ0) is 16.1. The molecule has 7 heteroatoms. The van der Waals surface area contributed by atoms with Crippen molar-refractivity contribution in [1.29, 1.82) is 0 Å². The predicted octanol–water partition coefficient (Wildman–Crippen LogP) is 2.78. The Bertz CT molecular complexity index is 496. The van der Waals surface area contributed by atoms with Crippen LogP contribution in [0.5, 0.6) is 5.75 Å². The molecule has 1 fully saturated rings. The zero-order valence-electron chi connectivity index (χ0n) is 12.6. The van der Waals surface area contributed by atoms with Crippen molar-refractivity contribution in [3.8, 4) is 5.75 Å². The maximum absolute atomic E-state index is 12.2. The number of hydrogen-bond donors (Lipinski definition) is 1. The molecule has 2 atom stereocenters. The number of hydrogen-bond acceptors (Lipinski definition) is 3. The van der Waals surface area contributed by atoms with Crippen molar-refractivity contribution < 1.29 is 23.0 Å². The second-order valence-electron chi connectivity index (χ2n) is 5.25. The molecule has 1 aromatic carbocycles. The van der Waals surface area contributed by atoms with E-state index in [1.54, 1.807) is 17.0 Å². The van der Waals surface area contributed by atoms with Gasteiger partial charge in [-0.2, -0.15) is 8.78 Å². The molecule has 1 heterocycles. The number of carbonyl (C=O) groups excluding carboxylic acids is 1. The zero-order valence-corrected chi connectivity index (χ0v) is 12.6. The van der Waals surface area contributed by atoms with Gasteiger partial charge < -0.3 is 19.7 Å². The van der Waals surface area contributed by atoms with Crippen LogP contribution in [0.3, 0.4) is 0 Å². The number of morpholine rings is 1. The lowest BCUT2D eigenvalue weighted by Gasteiger charge is -2.32. The van der Waals surface area contributed by atoms with Crippen LogP contribution in [-0.4, -0.2) is 43.3 Å². The molecule has 2 rings (SSSR count). The van der Waals surface area contributed by atoms with Crippen LogP contribution in [0.25, 0.3) is 0 Å². The number of benzene rings is 1. The number of halogens is 2. The molecule has 22 heavy (non-hydrogen) atoms. The summed E-state index contributed by atoms with van der Waals surface area (Å²) < 4.78 is 33.9. The van der Waals surface area contributed by atoms with E-state index in [9.17, 15) is 13.6 Å². The Hall–Kier alpha value is -1.89. The number of nitrogens with zero attached hydrogens (tertiary/aromatic N) is 1. The molecule has 122 valence electrons. The lowest BCUT2D eigenvalue weighted by Crippen LogP contribution is -2.49. The van der Waals surface area contributed by atoms with Crippen LogP contribution in [0.4, 0.5) is 13.6 Å². The lowest BCUT2D eigenvalue weighted by atomic mass is 10.1. The van der Waals surface area contributed by atoms with E-state index in [0.717, 1.165) is 5.56 Å². The summed E-state index contributed by atoms with van der Waals surface area (Å²) in [5, 5.41) is 2.89. The molecule has 0 spiro atoms. The molecule has 1 aliphatic heterocycles. The first-order valence-corrected chi connectivity index (χ1v) is 7.17. The summed E-state index contributed by atoms with van der Waals surface area (Å²) >= 11 is 0. The van der Waals surface area contributed by atoms with Gasteiger partial charge in [0.05, 0.1) is 18.8 Å². The average molecular weight is 314 g/mol. The smallest absolute Gasteiger partial charge is 0.387 e. The van der Waals surface area contributed by atoms with E-state index in [2.05, 4.69) is 10.1 Å². The van der Waals surface area contributed by atoms with Crippen molar-refractivity contribution in [2.75, 3.05) is 19.7 Å². The number of alkyl halides is 2. The number of carbonyl (C=O) groups is 1. The van der Waals surface area contributed by atoms with E-state index in [1.807, 2.05) is 13.8 Å². The van der Waals surface area contributed by atoms with Crippen molar-refractivity contribution in [2.24, 2.45) is 0 Å². The third kappa shape index (κ3) is 4.56. The van der Waals surface area contributed by atoms with Crippen LogP contribution >= 0.6 is 0 Å². The molecular formula is C15H20F2N2O3. The average Bonchev–Trinajstić information content (AvgIpc) is 2.47. The van der Waals surface area contributed by atoms with Crippen molar-refractivity contribution in [2.45, 2.75) is 32.6 Å². The number of rotatable bonds is 4. The van der Waals surface area contributed by atoms with Crippen molar-refractivity contribution in [1.82, 2.24) is 10.2 Å². The van der Waals surface area contributed by atoms with Crippen LogP contribution in [-0.2, 0) is 4.74 Å². The van der Waals surface area contributed by atoms with Crippen molar-refractivity contribution in [3.05, 3.63) is 29.8 Å². The molecule has 0 bridgehead atoms. The predicted molar refractivity (Wildman–Crippen MR) is 77.0 cm³/mol. The molecule has 1 aromatic rings. The first-order valence-electron chi connectivity index (χ1n) is 7.17. The van der Waals surface area contributed by atoms with Crippen LogP contribution in [0.15, 0.2) is 24.3 Å². The minimum atomic E-state index is -2.84. The van der Waals surface area contributed by atoms with Gasteiger partial charge in [0.1, 0.15) is 5.75 Å². The highest BCUT2D eigenvalue weighted by Crippen LogP contribution is 2.19.